The van der Waals surface area contributed by atoms with Gasteiger partial charge in [-0.25, -0.2) is 4.39 Å². The summed E-state index contributed by atoms with van der Waals surface area (Å²) in [4.78, 5) is 44.5. The second-order valence-electron chi connectivity index (χ2n) is 10.4. The van der Waals surface area contributed by atoms with Crippen LogP contribution in [0, 0.1) is 5.82 Å². The lowest BCUT2D eigenvalue weighted by Gasteiger charge is -2.24. The largest absolute Gasteiger partial charge is 0.449 e. The van der Waals surface area contributed by atoms with E-state index in [0.29, 0.717) is 22.7 Å². The summed E-state index contributed by atoms with van der Waals surface area (Å²) in [7, 11) is -4.35. The number of amides is 1. The van der Waals surface area contributed by atoms with Gasteiger partial charge in [-0.05, 0) is 37.1 Å². The zero-order valence-corrected chi connectivity index (χ0v) is 22.6. The van der Waals surface area contributed by atoms with Crippen molar-refractivity contribution in [1.82, 2.24) is 9.88 Å². The smallest absolute Gasteiger partial charge is 0.327 e. The quantitative estimate of drug-likeness (QED) is 0.315. The van der Waals surface area contributed by atoms with Gasteiger partial charge in [0.1, 0.15) is 11.4 Å². The number of benzene rings is 2. The van der Waals surface area contributed by atoms with E-state index >= 15 is 4.39 Å². The van der Waals surface area contributed by atoms with Crippen molar-refractivity contribution in [2.24, 2.45) is 0 Å². The molecule has 2 aliphatic rings. The zero-order valence-electron chi connectivity index (χ0n) is 21.7. The first kappa shape index (κ1) is 27.2. The molecule has 2 aromatic carbocycles. The van der Waals surface area contributed by atoms with Crippen molar-refractivity contribution in [3.63, 3.8) is 0 Å². The summed E-state index contributed by atoms with van der Waals surface area (Å²) in [5, 5.41) is 5.65. The van der Waals surface area contributed by atoms with Gasteiger partial charge >= 0.3 is 7.60 Å². The first-order chi connectivity index (χ1) is 18.4. The molecule has 1 saturated carbocycles. The predicted molar refractivity (Wildman–Crippen MR) is 145 cm³/mol. The summed E-state index contributed by atoms with van der Waals surface area (Å²) in [6, 6.07) is 7.99. The molecular formula is C27H31FN3O7P. The molecule has 0 saturated heterocycles. The highest BCUT2D eigenvalue weighted by Gasteiger charge is 2.32. The van der Waals surface area contributed by atoms with Crippen molar-refractivity contribution in [1.29, 1.82) is 0 Å². The summed E-state index contributed by atoms with van der Waals surface area (Å²) in [5.41, 5.74) is 0.200. The topological polar surface area (TPSA) is 139 Å². The molecule has 0 unspecified atom stereocenters. The molecule has 1 amide bonds. The summed E-state index contributed by atoms with van der Waals surface area (Å²) >= 11 is 0. The van der Waals surface area contributed by atoms with E-state index < -0.39 is 36.7 Å². The average molecular weight is 560 g/mol. The SMILES string of the molecule is CC1(C)Oc2ccc(-n3cc(C(=O)NCCP(=O)(O)O)c(=O)c4cc(F)c(NC5CCCCC5)cc43)cc2O1. The number of anilines is 1. The van der Waals surface area contributed by atoms with Crippen LogP contribution >= 0.6 is 7.60 Å². The Bertz CT molecular complexity index is 1540. The van der Waals surface area contributed by atoms with Crippen molar-refractivity contribution < 1.29 is 33.0 Å². The van der Waals surface area contributed by atoms with Crippen LogP contribution in [0.1, 0.15) is 56.3 Å². The van der Waals surface area contributed by atoms with Gasteiger partial charge in [-0.1, -0.05) is 19.3 Å². The fraction of sp³-hybridized carbons (Fsp3) is 0.407. The summed E-state index contributed by atoms with van der Waals surface area (Å²) < 4.78 is 39.7. The molecule has 1 aliphatic heterocycles. The molecule has 10 nitrogen and oxygen atoms in total. The van der Waals surface area contributed by atoms with Crippen molar-refractivity contribution in [3.05, 3.63) is 58.1 Å². The highest BCUT2D eigenvalue weighted by Crippen LogP contribution is 2.41. The van der Waals surface area contributed by atoms with Gasteiger partial charge in [0.05, 0.1) is 17.4 Å². The highest BCUT2D eigenvalue weighted by atomic mass is 31.2. The Morgan fingerprint density at radius 1 is 1.13 bits per heavy atom. The number of nitrogens with zero attached hydrogens (tertiary/aromatic N) is 1. The molecule has 4 N–H and O–H groups in total. The maximum atomic E-state index is 15.3. The van der Waals surface area contributed by atoms with Crippen LogP contribution in [0.5, 0.6) is 11.5 Å². The van der Waals surface area contributed by atoms with Gasteiger partial charge in [-0.2, -0.15) is 0 Å². The van der Waals surface area contributed by atoms with Crippen molar-refractivity contribution in [3.8, 4) is 17.2 Å². The summed E-state index contributed by atoms with van der Waals surface area (Å²) in [6.07, 6.45) is 5.90. The normalized spacial score (nSPS) is 16.8. The molecular weight excluding hydrogens is 528 g/mol. The number of carbonyl (C=O) groups is 1. The van der Waals surface area contributed by atoms with Crippen LogP contribution in [0.15, 0.2) is 41.3 Å². The van der Waals surface area contributed by atoms with Crippen molar-refractivity contribution in [2.45, 2.75) is 57.8 Å². The Balaban J connectivity index is 1.61. The predicted octanol–water partition coefficient (Wildman–Crippen LogP) is 4.29. The van der Waals surface area contributed by atoms with Gasteiger partial charge in [-0.3, -0.25) is 14.2 Å². The second-order valence-corrected chi connectivity index (χ2v) is 12.2. The Kier molecular flexibility index (Phi) is 7.17. The van der Waals surface area contributed by atoms with Gasteiger partial charge < -0.3 is 34.5 Å². The maximum absolute atomic E-state index is 15.3. The van der Waals surface area contributed by atoms with Crippen LogP contribution < -0.4 is 25.5 Å². The molecule has 208 valence electrons. The number of aromatic nitrogens is 1. The standard InChI is InChI=1S/C27H31FN3O7P/c1-27(2)37-23-9-8-17(12-24(23)38-27)31-15-19(26(33)29-10-11-39(34,35)36)25(32)18-13-20(28)21(14-22(18)31)30-16-6-4-3-5-7-16/h8-9,12-16,30H,3-7,10-11H2,1-2H3,(H,29,33)(H2,34,35,36). The molecule has 12 heteroatoms. The fourth-order valence-corrected chi connectivity index (χ4v) is 5.47. The van der Waals surface area contributed by atoms with E-state index in [0.717, 1.165) is 38.2 Å². The Morgan fingerprint density at radius 2 is 1.85 bits per heavy atom. The van der Waals surface area contributed by atoms with E-state index in [-0.39, 0.29) is 29.2 Å². The van der Waals surface area contributed by atoms with Crippen LogP contribution in [0.25, 0.3) is 16.6 Å². The number of fused-ring (bicyclic) bond motifs is 2. The molecule has 0 spiro atoms. The first-order valence-corrected chi connectivity index (χ1v) is 14.7. The lowest BCUT2D eigenvalue weighted by atomic mass is 9.95. The third-order valence-electron chi connectivity index (χ3n) is 6.91. The molecule has 5 rings (SSSR count). The van der Waals surface area contributed by atoms with Crippen LogP contribution in [0.3, 0.4) is 0 Å². The van der Waals surface area contributed by atoms with Gasteiger partial charge in [0.15, 0.2) is 11.5 Å². The van der Waals surface area contributed by atoms with Crippen LogP contribution in [-0.2, 0) is 4.57 Å². The molecule has 3 aromatic rings. The van der Waals surface area contributed by atoms with E-state index in [1.807, 2.05) is 0 Å². The Morgan fingerprint density at radius 3 is 2.56 bits per heavy atom. The van der Waals surface area contributed by atoms with E-state index in [1.165, 1.54) is 6.20 Å². The van der Waals surface area contributed by atoms with E-state index in [4.69, 9.17) is 19.3 Å². The molecule has 1 aliphatic carbocycles. The number of nitrogens with one attached hydrogen (secondary N) is 2. The Hall–Kier alpha value is -3.40. The van der Waals surface area contributed by atoms with Crippen molar-refractivity contribution >= 4 is 30.1 Å². The molecule has 2 heterocycles. The number of pyridine rings is 1. The number of rotatable bonds is 7. The molecule has 0 atom stereocenters. The number of carbonyl (C=O) groups excluding carboxylic acids is 1. The van der Waals surface area contributed by atoms with Gasteiger partial charge in [0.25, 0.3) is 5.91 Å². The van der Waals surface area contributed by atoms with E-state index in [2.05, 4.69) is 10.6 Å². The third kappa shape index (κ3) is 5.95. The number of halogens is 1. The second kappa shape index (κ2) is 10.3. The number of hydrogen-bond donors (Lipinski definition) is 4. The maximum Gasteiger partial charge on any atom is 0.327 e. The molecule has 39 heavy (non-hydrogen) atoms. The van der Waals surface area contributed by atoms with E-state index in [9.17, 15) is 14.2 Å². The highest BCUT2D eigenvalue weighted by molar-refractivity contribution is 7.51. The molecule has 0 bridgehead atoms. The average Bonchev–Trinajstić information content (AvgIpc) is 3.18. The first-order valence-electron chi connectivity index (χ1n) is 12.9. The third-order valence-corrected chi connectivity index (χ3v) is 7.71. The number of hydrogen-bond acceptors (Lipinski definition) is 6. The van der Waals surface area contributed by atoms with E-state index in [1.54, 1.807) is 42.7 Å². The van der Waals surface area contributed by atoms with Crippen molar-refractivity contribution in [2.75, 3.05) is 18.0 Å². The number of ether oxygens (including phenoxy) is 2. The minimum atomic E-state index is -4.35. The lowest BCUT2D eigenvalue weighted by Crippen LogP contribution is -2.31. The van der Waals surface area contributed by atoms with Gasteiger partial charge in [0, 0.05) is 49.8 Å². The molecule has 1 aromatic heterocycles. The molecule has 0 radical (unpaired) electrons. The summed E-state index contributed by atoms with van der Waals surface area (Å²) in [5.74, 6) is -1.29. The van der Waals surface area contributed by atoms with Gasteiger partial charge in [0.2, 0.25) is 11.2 Å². The minimum Gasteiger partial charge on any atom is -0.449 e. The lowest BCUT2D eigenvalue weighted by molar-refractivity contribution is -0.0431. The fourth-order valence-electron chi connectivity index (χ4n) is 5.07. The van der Waals surface area contributed by atoms with Crippen LogP contribution in [-0.4, -0.2) is 44.8 Å². The Labute approximate surface area is 224 Å². The summed E-state index contributed by atoms with van der Waals surface area (Å²) in [6.45, 7) is 3.21. The molecule has 1 fully saturated rings. The monoisotopic (exact) mass is 559 g/mol. The van der Waals surface area contributed by atoms with Crippen LogP contribution in [0.2, 0.25) is 0 Å². The minimum absolute atomic E-state index is 0.0117. The van der Waals surface area contributed by atoms with Gasteiger partial charge in [-0.15, -0.1) is 0 Å². The van der Waals surface area contributed by atoms with Crippen LogP contribution in [0.4, 0.5) is 10.1 Å². The zero-order chi connectivity index (χ0) is 27.9.